The van der Waals surface area contributed by atoms with E-state index in [0.717, 1.165) is 5.56 Å². The third-order valence-corrected chi connectivity index (χ3v) is 2.44. The number of nitrogens with two attached hydrogens (primary N) is 1. The van der Waals surface area contributed by atoms with Gasteiger partial charge >= 0.3 is 0 Å². The second-order valence-corrected chi connectivity index (χ2v) is 3.88. The third-order valence-electron chi connectivity index (χ3n) is 2.44. The lowest BCUT2D eigenvalue weighted by Gasteiger charge is -2.12. The second-order valence-electron chi connectivity index (χ2n) is 3.88. The van der Waals surface area contributed by atoms with Crippen molar-refractivity contribution in [3.05, 3.63) is 35.9 Å². The number of carbonyl (C=O) groups is 1. The third kappa shape index (κ3) is 4.55. The lowest BCUT2D eigenvalue weighted by atomic mass is 10.0. The van der Waals surface area contributed by atoms with Crippen LogP contribution in [0.25, 0.3) is 0 Å². The number of carbonyl (C=O) groups excluding carboxylic acids is 1. The van der Waals surface area contributed by atoms with Gasteiger partial charge in [0.2, 0.25) is 5.91 Å². The van der Waals surface area contributed by atoms with Crippen LogP contribution in [0, 0.1) is 0 Å². The van der Waals surface area contributed by atoms with Gasteiger partial charge in [-0.25, -0.2) is 0 Å². The predicted octanol–water partition coefficient (Wildman–Crippen LogP) is 1.04. The van der Waals surface area contributed by atoms with Gasteiger partial charge in [-0.2, -0.15) is 0 Å². The maximum atomic E-state index is 11.4. The van der Waals surface area contributed by atoms with E-state index in [4.69, 9.17) is 10.9 Å². The molecule has 5 heteroatoms. The van der Waals surface area contributed by atoms with Gasteiger partial charge in [-0.05, 0) is 11.5 Å². The van der Waals surface area contributed by atoms with Crippen LogP contribution in [0.5, 0.6) is 0 Å². The Balaban J connectivity index is 2.39. The van der Waals surface area contributed by atoms with Crippen LogP contribution in [0.3, 0.4) is 0 Å². The molecular formula is C12H17N3O2. The normalized spacial score (nSPS) is 13.1. The van der Waals surface area contributed by atoms with E-state index in [1.807, 2.05) is 37.3 Å². The van der Waals surface area contributed by atoms with Crippen molar-refractivity contribution in [3.63, 3.8) is 0 Å². The molecule has 1 atom stereocenters. The van der Waals surface area contributed by atoms with Crippen molar-refractivity contribution in [1.29, 1.82) is 0 Å². The average molecular weight is 235 g/mol. The van der Waals surface area contributed by atoms with Crippen LogP contribution < -0.4 is 11.1 Å². The van der Waals surface area contributed by atoms with E-state index in [2.05, 4.69) is 10.5 Å². The first-order chi connectivity index (χ1) is 8.13. The van der Waals surface area contributed by atoms with Crippen molar-refractivity contribution in [3.8, 4) is 0 Å². The molecule has 0 heterocycles. The molecule has 0 aliphatic rings. The first kappa shape index (κ1) is 13.0. The van der Waals surface area contributed by atoms with Crippen LogP contribution >= 0.6 is 0 Å². The van der Waals surface area contributed by atoms with Crippen molar-refractivity contribution in [1.82, 2.24) is 5.32 Å². The van der Waals surface area contributed by atoms with Crippen LogP contribution in [0.15, 0.2) is 35.5 Å². The smallest absolute Gasteiger partial charge is 0.227 e. The summed E-state index contributed by atoms with van der Waals surface area (Å²) in [6, 6.07) is 9.90. The van der Waals surface area contributed by atoms with E-state index >= 15 is 0 Å². The van der Waals surface area contributed by atoms with Crippen LogP contribution in [0.2, 0.25) is 0 Å². The molecule has 0 aromatic heterocycles. The molecule has 5 nitrogen and oxygen atoms in total. The van der Waals surface area contributed by atoms with Crippen molar-refractivity contribution in [2.45, 2.75) is 19.3 Å². The molecule has 0 spiro atoms. The number of rotatable bonds is 5. The van der Waals surface area contributed by atoms with Crippen LogP contribution in [0.4, 0.5) is 0 Å². The number of nitrogens with zero attached hydrogens (tertiary/aromatic N) is 1. The molecule has 0 radical (unpaired) electrons. The van der Waals surface area contributed by atoms with Crippen molar-refractivity contribution in [2.24, 2.45) is 10.9 Å². The topological polar surface area (TPSA) is 87.7 Å². The minimum Gasteiger partial charge on any atom is -0.409 e. The molecule has 0 aliphatic carbocycles. The van der Waals surface area contributed by atoms with Gasteiger partial charge in [-0.1, -0.05) is 42.4 Å². The summed E-state index contributed by atoms with van der Waals surface area (Å²) in [5.74, 6) is -0.106. The monoisotopic (exact) mass is 235 g/mol. The molecule has 1 unspecified atom stereocenters. The quantitative estimate of drug-likeness (QED) is 0.308. The molecule has 1 aromatic rings. The maximum absolute atomic E-state index is 11.4. The first-order valence-electron chi connectivity index (χ1n) is 5.41. The molecule has 0 saturated heterocycles. The molecule has 1 amide bonds. The first-order valence-corrected chi connectivity index (χ1v) is 5.41. The molecule has 0 bridgehead atoms. The molecule has 4 N–H and O–H groups in total. The Morgan fingerprint density at radius 1 is 1.47 bits per heavy atom. The van der Waals surface area contributed by atoms with Crippen molar-refractivity contribution in [2.75, 3.05) is 6.54 Å². The minimum atomic E-state index is -0.247. The van der Waals surface area contributed by atoms with Gasteiger partial charge in [-0.15, -0.1) is 0 Å². The highest BCUT2D eigenvalue weighted by molar-refractivity contribution is 5.98. The van der Waals surface area contributed by atoms with Crippen LogP contribution in [-0.2, 0) is 4.79 Å². The van der Waals surface area contributed by atoms with Gasteiger partial charge in [-0.3, -0.25) is 4.79 Å². The fourth-order valence-corrected chi connectivity index (χ4v) is 1.43. The summed E-state index contributed by atoms with van der Waals surface area (Å²) in [6.45, 7) is 2.56. The fourth-order valence-electron chi connectivity index (χ4n) is 1.43. The van der Waals surface area contributed by atoms with E-state index < -0.39 is 0 Å². The Labute approximate surface area is 100 Å². The molecule has 92 valence electrons. The van der Waals surface area contributed by atoms with E-state index in [-0.39, 0.29) is 24.1 Å². The van der Waals surface area contributed by atoms with Gasteiger partial charge < -0.3 is 16.3 Å². The molecule has 17 heavy (non-hydrogen) atoms. The summed E-state index contributed by atoms with van der Waals surface area (Å²) in [6.07, 6.45) is -0.0853. The van der Waals surface area contributed by atoms with Gasteiger partial charge in [0.15, 0.2) is 0 Å². The number of oxime groups is 1. The van der Waals surface area contributed by atoms with Crippen molar-refractivity contribution >= 4 is 11.7 Å². The van der Waals surface area contributed by atoms with Gasteiger partial charge in [0.05, 0.1) is 6.42 Å². The standard InChI is InChI=1S/C12H17N3O2/c1-9(10-5-3-2-4-6-10)8-14-12(16)7-11(13)15-17/h2-6,9,17H,7-8H2,1H3,(H2,13,15)(H,14,16). The number of nitrogens with one attached hydrogen (secondary N) is 1. The molecular weight excluding hydrogens is 218 g/mol. The summed E-state index contributed by atoms with van der Waals surface area (Å²) >= 11 is 0. The number of amides is 1. The SMILES string of the molecule is CC(CNC(=O)C/C(N)=N/O)c1ccccc1. The molecule has 0 aliphatic heterocycles. The van der Waals surface area contributed by atoms with E-state index in [1.54, 1.807) is 0 Å². The highest BCUT2D eigenvalue weighted by Gasteiger charge is 2.08. The summed E-state index contributed by atoms with van der Waals surface area (Å²) in [5.41, 5.74) is 6.39. The fraction of sp³-hybridized carbons (Fsp3) is 0.333. The zero-order chi connectivity index (χ0) is 12.7. The Morgan fingerprint density at radius 2 is 2.12 bits per heavy atom. The van der Waals surface area contributed by atoms with E-state index in [0.29, 0.717) is 6.54 Å². The summed E-state index contributed by atoms with van der Waals surface area (Å²) in [5, 5.41) is 13.8. The second kappa shape index (κ2) is 6.52. The molecule has 1 aromatic carbocycles. The number of hydrogen-bond donors (Lipinski definition) is 3. The highest BCUT2D eigenvalue weighted by atomic mass is 16.4. The predicted molar refractivity (Wildman–Crippen MR) is 65.9 cm³/mol. The van der Waals surface area contributed by atoms with E-state index in [9.17, 15) is 4.79 Å². The largest absolute Gasteiger partial charge is 0.409 e. The number of benzene rings is 1. The highest BCUT2D eigenvalue weighted by Crippen LogP contribution is 2.12. The Kier molecular flexibility index (Phi) is 5.00. The average Bonchev–Trinajstić information content (AvgIpc) is 2.36. The number of hydrogen-bond acceptors (Lipinski definition) is 3. The summed E-state index contributed by atoms with van der Waals surface area (Å²) in [4.78, 5) is 11.4. The van der Waals surface area contributed by atoms with Gasteiger partial charge in [0.1, 0.15) is 5.84 Å². The molecule has 0 fully saturated rings. The van der Waals surface area contributed by atoms with Gasteiger partial charge in [0, 0.05) is 6.54 Å². The number of amidine groups is 1. The lowest BCUT2D eigenvalue weighted by Crippen LogP contribution is -2.31. The van der Waals surface area contributed by atoms with E-state index in [1.165, 1.54) is 0 Å². The summed E-state index contributed by atoms with van der Waals surface area (Å²) in [7, 11) is 0. The molecule has 1 rings (SSSR count). The lowest BCUT2D eigenvalue weighted by molar-refractivity contribution is -0.120. The zero-order valence-corrected chi connectivity index (χ0v) is 9.76. The Hall–Kier alpha value is -2.04. The molecule has 0 saturated carbocycles. The zero-order valence-electron chi connectivity index (χ0n) is 9.76. The van der Waals surface area contributed by atoms with Crippen LogP contribution in [-0.4, -0.2) is 23.5 Å². The summed E-state index contributed by atoms with van der Waals surface area (Å²) < 4.78 is 0. The Bertz CT molecular complexity index is 390. The minimum absolute atomic E-state index is 0.0853. The Morgan fingerprint density at radius 3 is 2.71 bits per heavy atom. The van der Waals surface area contributed by atoms with Gasteiger partial charge in [0.25, 0.3) is 0 Å². The van der Waals surface area contributed by atoms with Crippen LogP contribution in [0.1, 0.15) is 24.8 Å². The maximum Gasteiger partial charge on any atom is 0.227 e. The van der Waals surface area contributed by atoms with Crippen molar-refractivity contribution < 1.29 is 10.0 Å².